The van der Waals surface area contributed by atoms with Crippen LogP contribution in [0.15, 0.2) is 24.5 Å². The van der Waals surface area contributed by atoms with Crippen LogP contribution in [0, 0.1) is 0 Å². The molecule has 0 aliphatic rings. The van der Waals surface area contributed by atoms with Crippen molar-refractivity contribution >= 4 is 22.4 Å². The molecule has 118 valence electrons. The van der Waals surface area contributed by atoms with E-state index in [4.69, 9.17) is 4.74 Å². The lowest BCUT2D eigenvalue weighted by Crippen LogP contribution is -2.29. The Morgan fingerprint density at radius 1 is 1.41 bits per heavy atom. The third kappa shape index (κ3) is 4.83. The fourth-order valence-electron chi connectivity index (χ4n) is 1.81. The molecule has 1 amide bonds. The number of nitrogens with one attached hydrogen (secondary N) is 1. The normalized spacial score (nSPS) is 12.4. The van der Waals surface area contributed by atoms with Crippen molar-refractivity contribution < 1.29 is 9.53 Å². The van der Waals surface area contributed by atoms with Gasteiger partial charge in [-0.05, 0) is 31.7 Å². The summed E-state index contributed by atoms with van der Waals surface area (Å²) in [5.41, 5.74) is 1.11. The van der Waals surface area contributed by atoms with Gasteiger partial charge in [-0.25, -0.2) is 0 Å². The standard InChI is InChI=1S/C14H19N5O2S/c1-10(21-3)13-17-18-14(22-13)16-12(20)9-19(2)8-11-4-6-15-7-5-11/h4-7,10H,8-9H2,1-3H3,(H,16,18,20). The SMILES string of the molecule is COC(C)c1nnc(NC(=O)CN(C)Cc2ccncc2)s1. The van der Waals surface area contributed by atoms with E-state index in [1.165, 1.54) is 11.3 Å². The molecule has 1 atom stereocenters. The first-order valence-corrected chi connectivity index (χ1v) is 7.63. The van der Waals surface area contributed by atoms with E-state index in [2.05, 4.69) is 20.5 Å². The Kier molecular flexibility index (Phi) is 5.93. The minimum absolute atomic E-state index is 0.121. The lowest BCUT2D eigenvalue weighted by molar-refractivity contribution is -0.117. The van der Waals surface area contributed by atoms with Crippen LogP contribution in [0.5, 0.6) is 0 Å². The molecule has 22 heavy (non-hydrogen) atoms. The molecule has 0 radical (unpaired) electrons. The molecule has 8 heteroatoms. The molecule has 0 aromatic carbocycles. The second kappa shape index (κ2) is 7.92. The summed E-state index contributed by atoms with van der Waals surface area (Å²) in [6.45, 7) is 2.84. The molecule has 7 nitrogen and oxygen atoms in total. The van der Waals surface area contributed by atoms with Crippen LogP contribution in [0.1, 0.15) is 23.6 Å². The minimum atomic E-state index is -0.127. The van der Waals surface area contributed by atoms with E-state index < -0.39 is 0 Å². The van der Waals surface area contributed by atoms with Crippen molar-refractivity contribution in [1.29, 1.82) is 0 Å². The highest BCUT2D eigenvalue weighted by molar-refractivity contribution is 7.15. The summed E-state index contributed by atoms with van der Waals surface area (Å²) in [6.07, 6.45) is 3.35. The summed E-state index contributed by atoms with van der Waals surface area (Å²) in [6, 6.07) is 3.86. The van der Waals surface area contributed by atoms with Gasteiger partial charge >= 0.3 is 0 Å². The molecule has 2 rings (SSSR count). The zero-order valence-electron chi connectivity index (χ0n) is 12.8. The molecule has 2 heterocycles. The zero-order chi connectivity index (χ0) is 15.9. The van der Waals surface area contributed by atoms with E-state index in [1.54, 1.807) is 19.5 Å². The van der Waals surface area contributed by atoms with Crippen LogP contribution in [-0.2, 0) is 16.1 Å². The van der Waals surface area contributed by atoms with Crippen LogP contribution in [-0.4, -0.2) is 46.7 Å². The molecule has 2 aromatic heterocycles. The number of ether oxygens (including phenoxy) is 1. The van der Waals surface area contributed by atoms with Gasteiger partial charge in [-0.2, -0.15) is 0 Å². The van der Waals surface area contributed by atoms with Gasteiger partial charge in [0.1, 0.15) is 11.1 Å². The summed E-state index contributed by atoms with van der Waals surface area (Å²) in [5, 5.41) is 11.9. The van der Waals surface area contributed by atoms with Crippen molar-refractivity contribution in [3.05, 3.63) is 35.1 Å². The molecule has 0 fully saturated rings. The lowest BCUT2D eigenvalue weighted by atomic mass is 10.2. The Balaban J connectivity index is 1.83. The maximum atomic E-state index is 12.0. The van der Waals surface area contributed by atoms with Gasteiger partial charge in [-0.3, -0.25) is 20.0 Å². The van der Waals surface area contributed by atoms with Crippen LogP contribution < -0.4 is 5.32 Å². The number of carbonyl (C=O) groups is 1. The van der Waals surface area contributed by atoms with Gasteiger partial charge in [0.25, 0.3) is 0 Å². The van der Waals surface area contributed by atoms with Gasteiger partial charge in [0.05, 0.1) is 6.54 Å². The monoisotopic (exact) mass is 321 g/mol. The number of methoxy groups -OCH3 is 1. The van der Waals surface area contributed by atoms with Gasteiger partial charge in [0.2, 0.25) is 11.0 Å². The first-order chi connectivity index (χ1) is 10.6. The molecular formula is C14H19N5O2S. The summed E-state index contributed by atoms with van der Waals surface area (Å²) in [7, 11) is 3.50. The molecule has 0 saturated carbocycles. The summed E-state index contributed by atoms with van der Waals surface area (Å²) in [4.78, 5) is 17.9. The molecule has 2 aromatic rings. The highest BCUT2D eigenvalue weighted by atomic mass is 32.1. The Labute approximate surface area is 133 Å². The van der Waals surface area contributed by atoms with Crippen LogP contribution in [0.4, 0.5) is 5.13 Å². The van der Waals surface area contributed by atoms with Crippen LogP contribution in [0.2, 0.25) is 0 Å². The number of anilines is 1. The van der Waals surface area contributed by atoms with Crippen molar-refractivity contribution in [2.24, 2.45) is 0 Å². The predicted octanol–water partition coefficient (Wildman–Crippen LogP) is 1.71. The smallest absolute Gasteiger partial charge is 0.240 e. The first kappa shape index (κ1) is 16.5. The maximum Gasteiger partial charge on any atom is 0.240 e. The largest absolute Gasteiger partial charge is 0.374 e. The fraction of sp³-hybridized carbons (Fsp3) is 0.429. The molecule has 0 aliphatic heterocycles. The Bertz CT molecular complexity index is 604. The number of carbonyl (C=O) groups excluding carboxylic acids is 1. The molecule has 0 aliphatic carbocycles. The van der Waals surface area contributed by atoms with Crippen LogP contribution in [0.25, 0.3) is 0 Å². The van der Waals surface area contributed by atoms with Gasteiger partial charge in [-0.1, -0.05) is 11.3 Å². The van der Waals surface area contributed by atoms with Crippen LogP contribution >= 0.6 is 11.3 Å². The molecule has 0 spiro atoms. The van der Waals surface area contributed by atoms with Gasteiger partial charge in [0, 0.05) is 26.0 Å². The predicted molar refractivity (Wildman–Crippen MR) is 84.5 cm³/mol. The third-order valence-electron chi connectivity index (χ3n) is 3.00. The second-order valence-electron chi connectivity index (χ2n) is 4.90. The fourth-order valence-corrected chi connectivity index (χ4v) is 2.60. The van der Waals surface area contributed by atoms with E-state index in [1.807, 2.05) is 31.0 Å². The molecular weight excluding hydrogens is 302 g/mol. The van der Waals surface area contributed by atoms with Gasteiger partial charge < -0.3 is 4.74 Å². The van der Waals surface area contributed by atoms with Crippen molar-refractivity contribution in [3.8, 4) is 0 Å². The third-order valence-corrected chi connectivity index (χ3v) is 4.00. The van der Waals surface area contributed by atoms with E-state index >= 15 is 0 Å². The van der Waals surface area contributed by atoms with E-state index in [0.29, 0.717) is 11.7 Å². The summed E-state index contributed by atoms with van der Waals surface area (Å²) < 4.78 is 5.17. The number of hydrogen-bond acceptors (Lipinski definition) is 7. The number of likely N-dealkylation sites (N-methyl/N-ethyl adjacent to an activating group) is 1. The first-order valence-electron chi connectivity index (χ1n) is 6.82. The quantitative estimate of drug-likeness (QED) is 0.836. The molecule has 1 N–H and O–H groups in total. The topological polar surface area (TPSA) is 80.2 Å². The van der Waals surface area contributed by atoms with E-state index in [0.717, 1.165) is 10.6 Å². The van der Waals surface area contributed by atoms with E-state index in [9.17, 15) is 4.79 Å². The Morgan fingerprint density at radius 3 is 2.82 bits per heavy atom. The van der Waals surface area contributed by atoms with E-state index in [-0.39, 0.29) is 18.6 Å². The lowest BCUT2D eigenvalue weighted by Gasteiger charge is -2.15. The Hall–Kier alpha value is -1.90. The Morgan fingerprint density at radius 2 is 2.14 bits per heavy atom. The number of rotatable bonds is 7. The highest BCUT2D eigenvalue weighted by Crippen LogP contribution is 2.23. The number of hydrogen-bond donors (Lipinski definition) is 1. The number of nitrogens with zero attached hydrogens (tertiary/aromatic N) is 4. The van der Waals surface area contributed by atoms with Crippen molar-refractivity contribution in [2.75, 3.05) is 26.0 Å². The molecule has 0 saturated heterocycles. The number of pyridine rings is 1. The van der Waals surface area contributed by atoms with Crippen molar-refractivity contribution in [1.82, 2.24) is 20.1 Å². The average Bonchev–Trinajstić information content (AvgIpc) is 2.95. The number of amides is 1. The molecule has 1 unspecified atom stereocenters. The maximum absolute atomic E-state index is 12.0. The van der Waals surface area contributed by atoms with Crippen molar-refractivity contribution in [3.63, 3.8) is 0 Å². The minimum Gasteiger partial charge on any atom is -0.374 e. The average molecular weight is 321 g/mol. The highest BCUT2D eigenvalue weighted by Gasteiger charge is 2.14. The summed E-state index contributed by atoms with van der Waals surface area (Å²) in [5.74, 6) is -0.121. The molecule has 0 bridgehead atoms. The zero-order valence-corrected chi connectivity index (χ0v) is 13.6. The van der Waals surface area contributed by atoms with Crippen LogP contribution in [0.3, 0.4) is 0 Å². The van der Waals surface area contributed by atoms with Crippen molar-refractivity contribution in [2.45, 2.75) is 19.6 Å². The van der Waals surface area contributed by atoms with Gasteiger partial charge in [0.15, 0.2) is 0 Å². The van der Waals surface area contributed by atoms with Gasteiger partial charge in [-0.15, -0.1) is 10.2 Å². The second-order valence-corrected chi connectivity index (χ2v) is 5.91. The summed E-state index contributed by atoms with van der Waals surface area (Å²) >= 11 is 1.32. The number of aromatic nitrogens is 3.